The van der Waals surface area contributed by atoms with E-state index in [1.807, 2.05) is 43.3 Å². The van der Waals surface area contributed by atoms with Crippen molar-refractivity contribution in [1.29, 1.82) is 0 Å². The molecule has 0 saturated carbocycles. The number of imide groups is 1. The van der Waals surface area contributed by atoms with E-state index < -0.39 is 11.5 Å². The average Bonchev–Trinajstić information content (AvgIpc) is 3.20. The first-order valence-electron chi connectivity index (χ1n) is 13.8. The van der Waals surface area contributed by atoms with Crippen LogP contribution >= 0.6 is 0 Å². The lowest BCUT2D eigenvalue weighted by molar-refractivity contribution is -0.134. The summed E-state index contributed by atoms with van der Waals surface area (Å²) in [4.78, 5) is 40.5. The number of likely N-dealkylation sites (tertiary alicyclic amines) is 1. The molecule has 9 nitrogen and oxygen atoms in total. The second kappa shape index (κ2) is 9.85. The van der Waals surface area contributed by atoms with Gasteiger partial charge in [-0.05, 0) is 77.3 Å². The van der Waals surface area contributed by atoms with Crippen LogP contribution in [0.3, 0.4) is 0 Å². The number of anilines is 1. The van der Waals surface area contributed by atoms with E-state index in [9.17, 15) is 14.4 Å². The number of ether oxygens (including phenoxy) is 1. The summed E-state index contributed by atoms with van der Waals surface area (Å²) in [6.07, 6.45) is 4.14. The Morgan fingerprint density at radius 1 is 1.13 bits per heavy atom. The number of piperidine rings is 3. The maximum absolute atomic E-state index is 15.5. The Morgan fingerprint density at radius 2 is 1.79 bits per heavy atom. The second-order valence-corrected chi connectivity index (χ2v) is 12.0. The molecule has 0 radical (unpaired) electrons. The molecule has 2 aromatic rings. The summed E-state index contributed by atoms with van der Waals surface area (Å²) in [6, 6.07) is 3.37. The normalized spacial score (nSPS) is 22.2. The van der Waals surface area contributed by atoms with Gasteiger partial charge in [-0.15, -0.1) is 0 Å². The van der Waals surface area contributed by atoms with E-state index in [2.05, 4.69) is 15.3 Å². The highest BCUT2D eigenvalue weighted by Crippen LogP contribution is 2.43. The molecule has 5 rings (SSSR count). The largest absolute Gasteiger partial charge is 0.444 e. The van der Waals surface area contributed by atoms with Crippen LogP contribution in [0.4, 0.5) is 14.9 Å². The maximum atomic E-state index is 15.5. The standard InChI is InChI=1S/C28H38FN5O4/c1-5-34-21-17-22(20(29)16-19(21)24(31-34)18-6-7-23(35)30-25(18)36)32-12-8-28(9-13-32)10-14-33(15-11-28)26(37)38-27(2,3)4/h16-18H,5-15H2,1-4H3,(H,30,35,36). The molecule has 4 heterocycles. The van der Waals surface area contributed by atoms with Crippen molar-refractivity contribution in [3.8, 4) is 0 Å². The second-order valence-electron chi connectivity index (χ2n) is 12.0. The number of carbonyl (C=O) groups is 3. The highest BCUT2D eigenvalue weighted by molar-refractivity contribution is 6.02. The molecular weight excluding hydrogens is 489 g/mol. The van der Waals surface area contributed by atoms with Crippen LogP contribution in [0.15, 0.2) is 12.1 Å². The fraction of sp³-hybridized carbons (Fsp3) is 0.643. The minimum absolute atomic E-state index is 0.166. The van der Waals surface area contributed by atoms with E-state index in [0.29, 0.717) is 42.8 Å². The van der Waals surface area contributed by atoms with Crippen LogP contribution in [0.2, 0.25) is 0 Å². The van der Waals surface area contributed by atoms with Crippen molar-refractivity contribution in [2.24, 2.45) is 5.41 Å². The molecule has 10 heteroatoms. The van der Waals surface area contributed by atoms with E-state index in [0.717, 1.165) is 44.3 Å². The number of fused-ring (bicyclic) bond motifs is 1. The zero-order chi connectivity index (χ0) is 27.2. The highest BCUT2D eigenvalue weighted by Gasteiger charge is 2.40. The van der Waals surface area contributed by atoms with Crippen LogP contribution in [0.25, 0.3) is 10.9 Å². The molecule has 1 spiro atoms. The Balaban J connectivity index is 1.30. The zero-order valence-corrected chi connectivity index (χ0v) is 22.8. The fourth-order valence-corrected chi connectivity index (χ4v) is 6.11. The smallest absolute Gasteiger partial charge is 0.410 e. The molecule has 38 heavy (non-hydrogen) atoms. The van der Waals surface area contributed by atoms with Crippen molar-refractivity contribution in [2.75, 3.05) is 31.1 Å². The monoisotopic (exact) mass is 527 g/mol. The van der Waals surface area contributed by atoms with Crippen LogP contribution in [-0.4, -0.2) is 64.4 Å². The van der Waals surface area contributed by atoms with E-state index in [4.69, 9.17) is 4.74 Å². The van der Waals surface area contributed by atoms with E-state index >= 15 is 4.39 Å². The van der Waals surface area contributed by atoms with Gasteiger partial charge in [0, 0.05) is 44.5 Å². The number of carbonyl (C=O) groups excluding carboxylic acids is 3. The summed E-state index contributed by atoms with van der Waals surface area (Å²) in [5.74, 6) is -1.53. The Bertz CT molecular complexity index is 1250. The predicted molar refractivity (Wildman–Crippen MR) is 141 cm³/mol. The summed E-state index contributed by atoms with van der Waals surface area (Å²) < 4.78 is 22.9. The van der Waals surface area contributed by atoms with Crippen molar-refractivity contribution < 1.29 is 23.5 Å². The summed E-state index contributed by atoms with van der Waals surface area (Å²) in [5.41, 5.74) is 1.56. The molecule has 3 saturated heterocycles. The van der Waals surface area contributed by atoms with Gasteiger partial charge in [-0.3, -0.25) is 19.6 Å². The van der Waals surface area contributed by atoms with Crippen molar-refractivity contribution in [1.82, 2.24) is 20.0 Å². The van der Waals surface area contributed by atoms with Gasteiger partial charge in [0.15, 0.2) is 0 Å². The predicted octanol–water partition coefficient (Wildman–Crippen LogP) is 4.33. The number of halogens is 1. The molecule has 0 bridgehead atoms. The maximum Gasteiger partial charge on any atom is 0.410 e. The highest BCUT2D eigenvalue weighted by atomic mass is 19.1. The molecule has 0 aliphatic carbocycles. The third-order valence-electron chi connectivity index (χ3n) is 8.36. The van der Waals surface area contributed by atoms with Gasteiger partial charge in [0.2, 0.25) is 11.8 Å². The molecule has 3 aliphatic rings. The quantitative estimate of drug-likeness (QED) is 0.597. The molecule has 1 unspecified atom stereocenters. The molecule has 3 fully saturated rings. The van der Waals surface area contributed by atoms with Gasteiger partial charge in [-0.25, -0.2) is 9.18 Å². The van der Waals surface area contributed by atoms with Crippen molar-refractivity contribution in [3.05, 3.63) is 23.6 Å². The molecule has 3 amide bonds. The van der Waals surface area contributed by atoms with Gasteiger partial charge in [0.05, 0.1) is 22.8 Å². The lowest BCUT2D eigenvalue weighted by atomic mass is 9.71. The van der Waals surface area contributed by atoms with Crippen LogP contribution in [0.5, 0.6) is 0 Å². The number of hydrogen-bond donors (Lipinski definition) is 1. The number of rotatable bonds is 3. The van der Waals surface area contributed by atoms with E-state index in [1.165, 1.54) is 6.07 Å². The lowest BCUT2D eigenvalue weighted by Crippen LogP contribution is -2.49. The third kappa shape index (κ3) is 5.09. The van der Waals surface area contributed by atoms with Crippen molar-refractivity contribution in [2.45, 2.75) is 84.3 Å². The molecule has 3 aliphatic heterocycles. The molecule has 1 aromatic heterocycles. The van der Waals surface area contributed by atoms with Gasteiger partial charge in [0.25, 0.3) is 0 Å². The van der Waals surface area contributed by atoms with Crippen LogP contribution in [0.1, 0.15) is 77.8 Å². The number of hydrogen-bond acceptors (Lipinski definition) is 6. The first-order chi connectivity index (χ1) is 18.0. The fourth-order valence-electron chi connectivity index (χ4n) is 6.11. The number of aryl methyl sites for hydroxylation is 1. The van der Waals surface area contributed by atoms with Crippen molar-refractivity contribution in [3.63, 3.8) is 0 Å². The third-order valence-corrected chi connectivity index (χ3v) is 8.36. The zero-order valence-electron chi connectivity index (χ0n) is 22.8. The molecule has 1 atom stereocenters. The number of nitrogens with one attached hydrogen (secondary N) is 1. The Labute approximate surface area is 222 Å². The minimum atomic E-state index is -0.561. The minimum Gasteiger partial charge on any atom is -0.444 e. The van der Waals surface area contributed by atoms with Crippen LogP contribution in [-0.2, 0) is 20.9 Å². The Morgan fingerprint density at radius 3 is 2.39 bits per heavy atom. The number of nitrogens with zero attached hydrogens (tertiary/aromatic N) is 4. The number of benzene rings is 1. The van der Waals surface area contributed by atoms with Gasteiger partial charge in [-0.1, -0.05) is 0 Å². The van der Waals surface area contributed by atoms with E-state index in [-0.39, 0.29) is 35.6 Å². The summed E-state index contributed by atoms with van der Waals surface area (Å²) >= 11 is 0. The van der Waals surface area contributed by atoms with Crippen LogP contribution < -0.4 is 10.2 Å². The average molecular weight is 528 g/mol. The number of amides is 3. The van der Waals surface area contributed by atoms with Gasteiger partial charge in [-0.2, -0.15) is 5.10 Å². The first kappa shape index (κ1) is 26.4. The van der Waals surface area contributed by atoms with Crippen molar-refractivity contribution >= 4 is 34.5 Å². The summed E-state index contributed by atoms with van der Waals surface area (Å²) in [6.45, 7) is 11.1. The van der Waals surface area contributed by atoms with Gasteiger partial charge >= 0.3 is 6.09 Å². The Hall–Kier alpha value is -3.17. The first-order valence-corrected chi connectivity index (χ1v) is 13.8. The van der Waals surface area contributed by atoms with Crippen LogP contribution in [0, 0.1) is 11.2 Å². The van der Waals surface area contributed by atoms with Gasteiger partial charge < -0.3 is 14.5 Å². The SMILES string of the molecule is CCn1nc(C2CCC(=O)NC2=O)c2cc(F)c(N3CCC4(CCN(C(=O)OC(C)(C)C)CC4)CC3)cc21. The molecule has 1 aromatic carbocycles. The summed E-state index contributed by atoms with van der Waals surface area (Å²) in [7, 11) is 0. The van der Waals surface area contributed by atoms with E-state index in [1.54, 1.807) is 0 Å². The molecular formula is C28H38FN5O4. The number of aromatic nitrogens is 2. The molecule has 206 valence electrons. The Kier molecular flexibility index (Phi) is 6.86. The topological polar surface area (TPSA) is 96.8 Å². The van der Waals surface area contributed by atoms with Gasteiger partial charge in [0.1, 0.15) is 11.4 Å². The molecule has 1 N–H and O–H groups in total. The lowest BCUT2D eigenvalue weighted by Gasteiger charge is -2.47. The summed E-state index contributed by atoms with van der Waals surface area (Å²) in [5, 5.41) is 7.68.